The quantitative estimate of drug-likeness (QED) is 0.839. The van der Waals surface area contributed by atoms with Crippen LogP contribution in [0.2, 0.25) is 0 Å². The summed E-state index contributed by atoms with van der Waals surface area (Å²) in [7, 11) is 1.62. The Kier molecular flexibility index (Phi) is 7.31. The number of carbonyl (C=O) groups is 2. The van der Waals surface area contributed by atoms with Crippen molar-refractivity contribution in [3.63, 3.8) is 0 Å². The molecule has 0 aromatic heterocycles. The zero-order valence-electron chi connectivity index (χ0n) is 14.2. The third kappa shape index (κ3) is 6.95. The third-order valence-corrected chi connectivity index (χ3v) is 3.45. The van der Waals surface area contributed by atoms with Crippen molar-refractivity contribution < 1.29 is 19.1 Å². The molecule has 0 aliphatic rings. The van der Waals surface area contributed by atoms with Crippen LogP contribution in [0.4, 0.5) is 9.59 Å². The Bertz CT molecular complexity index is 662. The number of amides is 2. The Balaban J connectivity index is 1.60. The van der Waals surface area contributed by atoms with Gasteiger partial charge >= 0.3 is 12.2 Å². The number of nitrogens with one attached hydrogen (secondary N) is 1. The summed E-state index contributed by atoms with van der Waals surface area (Å²) < 4.78 is 10.3. The van der Waals surface area contributed by atoms with Gasteiger partial charge in [0.15, 0.2) is 0 Å². The van der Waals surface area contributed by atoms with Crippen molar-refractivity contribution in [1.29, 1.82) is 0 Å². The number of nitrogens with zero attached hydrogens (tertiary/aromatic N) is 1. The fourth-order valence-corrected chi connectivity index (χ4v) is 2.02. The van der Waals surface area contributed by atoms with Crippen LogP contribution in [-0.4, -0.2) is 37.2 Å². The topological polar surface area (TPSA) is 67.9 Å². The van der Waals surface area contributed by atoms with E-state index in [1.54, 1.807) is 7.05 Å². The van der Waals surface area contributed by atoms with Crippen LogP contribution in [0.1, 0.15) is 11.1 Å². The predicted molar refractivity (Wildman–Crippen MR) is 93.9 cm³/mol. The van der Waals surface area contributed by atoms with Gasteiger partial charge in [0.2, 0.25) is 0 Å². The molecule has 0 fully saturated rings. The molecule has 2 rings (SSSR count). The molecule has 2 amide bonds. The summed E-state index contributed by atoms with van der Waals surface area (Å²) in [5.74, 6) is 0. The molecule has 0 aliphatic heterocycles. The van der Waals surface area contributed by atoms with Gasteiger partial charge < -0.3 is 19.7 Å². The minimum absolute atomic E-state index is 0.210. The Morgan fingerprint density at radius 1 is 0.880 bits per heavy atom. The Morgan fingerprint density at radius 2 is 1.40 bits per heavy atom. The number of hydrogen-bond acceptors (Lipinski definition) is 4. The second-order valence-electron chi connectivity index (χ2n) is 5.45. The lowest BCUT2D eigenvalue weighted by molar-refractivity contribution is 0.103. The van der Waals surface area contributed by atoms with Crippen LogP contribution in [0.3, 0.4) is 0 Å². The molecule has 2 aromatic carbocycles. The highest BCUT2D eigenvalue weighted by molar-refractivity contribution is 5.68. The first-order valence-electron chi connectivity index (χ1n) is 8.01. The fourth-order valence-electron chi connectivity index (χ4n) is 2.02. The van der Waals surface area contributed by atoms with Gasteiger partial charge in [-0.2, -0.15) is 0 Å². The van der Waals surface area contributed by atoms with Crippen molar-refractivity contribution in [2.24, 2.45) is 0 Å². The monoisotopic (exact) mass is 342 g/mol. The van der Waals surface area contributed by atoms with Gasteiger partial charge in [-0.15, -0.1) is 0 Å². The van der Waals surface area contributed by atoms with Crippen LogP contribution in [0, 0.1) is 0 Å². The van der Waals surface area contributed by atoms with Crippen molar-refractivity contribution in [2.45, 2.75) is 13.2 Å². The van der Waals surface area contributed by atoms with E-state index in [1.165, 1.54) is 4.90 Å². The van der Waals surface area contributed by atoms with Crippen molar-refractivity contribution in [3.8, 4) is 0 Å². The third-order valence-electron chi connectivity index (χ3n) is 3.45. The molecule has 132 valence electrons. The summed E-state index contributed by atoms with van der Waals surface area (Å²) in [6.45, 7) is 1.04. The summed E-state index contributed by atoms with van der Waals surface area (Å²) in [5, 5.41) is 2.60. The number of ether oxygens (including phenoxy) is 2. The SMILES string of the molecule is CN(CCNC(=O)OCc1ccccc1)C(=O)OCc1ccccc1. The maximum Gasteiger partial charge on any atom is 0.409 e. The summed E-state index contributed by atoms with van der Waals surface area (Å²) in [5.41, 5.74) is 1.84. The van der Waals surface area contributed by atoms with Gasteiger partial charge in [-0.05, 0) is 11.1 Å². The van der Waals surface area contributed by atoms with E-state index in [1.807, 2.05) is 60.7 Å². The van der Waals surface area contributed by atoms with E-state index in [-0.39, 0.29) is 19.8 Å². The number of rotatable bonds is 7. The van der Waals surface area contributed by atoms with Crippen LogP contribution >= 0.6 is 0 Å². The van der Waals surface area contributed by atoms with Crippen LogP contribution in [0.25, 0.3) is 0 Å². The molecule has 0 unspecified atom stereocenters. The summed E-state index contributed by atoms with van der Waals surface area (Å²) in [4.78, 5) is 24.9. The molecule has 0 aliphatic carbocycles. The molecule has 0 radical (unpaired) electrons. The smallest absolute Gasteiger partial charge is 0.409 e. The maximum atomic E-state index is 11.9. The molecule has 2 aromatic rings. The van der Waals surface area contributed by atoms with E-state index in [0.29, 0.717) is 6.54 Å². The normalized spacial score (nSPS) is 9.96. The molecule has 0 bridgehead atoms. The average Bonchev–Trinajstić information content (AvgIpc) is 2.66. The fraction of sp³-hybridized carbons (Fsp3) is 0.263. The maximum absolute atomic E-state index is 11.9. The first kappa shape index (κ1) is 18.3. The predicted octanol–water partition coefficient (Wildman–Crippen LogP) is 3.18. The van der Waals surface area contributed by atoms with Gasteiger partial charge in [-0.3, -0.25) is 0 Å². The van der Waals surface area contributed by atoms with Crippen molar-refractivity contribution >= 4 is 12.2 Å². The molecule has 25 heavy (non-hydrogen) atoms. The minimum Gasteiger partial charge on any atom is -0.445 e. The Morgan fingerprint density at radius 3 is 1.96 bits per heavy atom. The standard InChI is InChI=1S/C19H22N2O4/c1-21(19(23)25-15-17-10-6-3-7-11-17)13-12-20-18(22)24-14-16-8-4-2-5-9-16/h2-11H,12-15H2,1H3,(H,20,22). The number of carbonyl (C=O) groups excluding carboxylic acids is 2. The van der Waals surface area contributed by atoms with Crippen LogP contribution in [-0.2, 0) is 22.7 Å². The molecule has 0 atom stereocenters. The number of likely N-dealkylation sites (N-methyl/N-ethyl adjacent to an activating group) is 1. The zero-order chi connectivity index (χ0) is 17.9. The van der Waals surface area contributed by atoms with Gasteiger partial charge in [-0.1, -0.05) is 60.7 Å². The van der Waals surface area contributed by atoms with Crippen molar-refractivity contribution in [1.82, 2.24) is 10.2 Å². The van der Waals surface area contributed by atoms with Crippen molar-refractivity contribution in [3.05, 3.63) is 71.8 Å². The van der Waals surface area contributed by atoms with E-state index in [9.17, 15) is 9.59 Å². The number of hydrogen-bond donors (Lipinski definition) is 1. The molecule has 1 N–H and O–H groups in total. The van der Waals surface area contributed by atoms with E-state index in [2.05, 4.69) is 5.32 Å². The lowest BCUT2D eigenvalue weighted by Gasteiger charge is -2.17. The van der Waals surface area contributed by atoms with E-state index < -0.39 is 12.2 Å². The lowest BCUT2D eigenvalue weighted by Crippen LogP contribution is -2.36. The molecule has 0 spiro atoms. The molecular weight excluding hydrogens is 320 g/mol. The van der Waals surface area contributed by atoms with E-state index in [4.69, 9.17) is 9.47 Å². The molecular formula is C19H22N2O4. The van der Waals surface area contributed by atoms with E-state index >= 15 is 0 Å². The van der Waals surface area contributed by atoms with Crippen LogP contribution < -0.4 is 5.32 Å². The first-order chi connectivity index (χ1) is 12.1. The highest BCUT2D eigenvalue weighted by Gasteiger charge is 2.10. The Labute approximate surface area is 147 Å². The molecule has 0 saturated heterocycles. The minimum atomic E-state index is -0.519. The van der Waals surface area contributed by atoms with Gasteiger partial charge in [0, 0.05) is 20.1 Å². The summed E-state index contributed by atoms with van der Waals surface area (Å²) in [6, 6.07) is 18.9. The highest BCUT2D eigenvalue weighted by atomic mass is 16.6. The zero-order valence-corrected chi connectivity index (χ0v) is 14.2. The second-order valence-corrected chi connectivity index (χ2v) is 5.45. The first-order valence-corrected chi connectivity index (χ1v) is 8.01. The van der Waals surface area contributed by atoms with Gasteiger partial charge in [-0.25, -0.2) is 9.59 Å². The number of benzene rings is 2. The summed E-state index contributed by atoms with van der Waals surface area (Å²) in [6.07, 6.45) is -0.960. The van der Waals surface area contributed by atoms with Crippen LogP contribution in [0.5, 0.6) is 0 Å². The molecule has 6 heteroatoms. The molecule has 0 heterocycles. The molecule has 0 saturated carbocycles. The lowest BCUT2D eigenvalue weighted by atomic mass is 10.2. The highest BCUT2D eigenvalue weighted by Crippen LogP contribution is 2.02. The van der Waals surface area contributed by atoms with Gasteiger partial charge in [0.05, 0.1) is 0 Å². The average molecular weight is 342 g/mol. The van der Waals surface area contributed by atoms with E-state index in [0.717, 1.165) is 11.1 Å². The van der Waals surface area contributed by atoms with Gasteiger partial charge in [0.25, 0.3) is 0 Å². The van der Waals surface area contributed by atoms with Gasteiger partial charge in [0.1, 0.15) is 13.2 Å². The van der Waals surface area contributed by atoms with Crippen molar-refractivity contribution in [2.75, 3.05) is 20.1 Å². The Hall–Kier alpha value is -3.02. The largest absolute Gasteiger partial charge is 0.445 e. The molecule has 6 nitrogen and oxygen atoms in total. The second kappa shape index (κ2) is 9.97. The number of alkyl carbamates (subject to hydrolysis) is 1. The van der Waals surface area contributed by atoms with Crippen LogP contribution in [0.15, 0.2) is 60.7 Å². The summed E-state index contributed by atoms with van der Waals surface area (Å²) >= 11 is 0.